The molecular weight excluding hydrogens is 456 g/mol. The summed E-state index contributed by atoms with van der Waals surface area (Å²) in [4.78, 5) is 23.3. The van der Waals surface area contributed by atoms with Crippen LogP contribution in [-0.4, -0.2) is 60.2 Å². The minimum atomic E-state index is -1.50. The van der Waals surface area contributed by atoms with Crippen LogP contribution >= 0.6 is 0 Å². The van der Waals surface area contributed by atoms with E-state index >= 15 is 0 Å². The van der Waals surface area contributed by atoms with Gasteiger partial charge in [0.15, 0.2) is 5.79 Å². The van der Waals surface area contributed by atoms with Gasteiger partial charge in [-0.25, -0.2) is 14.8 Å². The summed E-state index contributed by atoms with van der Waals surface area (Å²) >= 11 is 0. The molecule has 1 amide bonds. The highest BCUT2D eigenvalue weighted by atomic mass is 16.6. The summed E-state index contributed by atoms with van der Waals surface area (Å²) in [6.07, 6.45) is 10.4. The van der Waals surface area contributed by atoms with E-state index in [0.29, 0.717) is 18.5 Å². The second-order valence-electron chi connectivity index (χ2n) is 11.0. The Labute approximate surface area is 216 Å². The molecule has 3 heterocycles. The topological polar surface area (TPSA) is 101 Å². The molecule has 4 rings (SSSR count). The van der Waals surface area contributed by atoms with Crippen molar-refractivity contribution in [2.45, 2.75) is 105 Å². The molecule has 0 radical (unpaired) electrons. The van der Waals surface area contributed by atoms with E-state index in [1.807, 2.05) is 39.5 Å². The number of rotatable bonds is 2. The molecule has 2 atom stereocenters. The number of fused-ring (bicyclic) bond motifs is 1. The van der Waals surface area contributed by atoms with Crippen molar-refractivity contribution in [1.82, 2.24) is 19.4 Å². The third-order valence-electron chi connectivity index (χ3n) is 6.14. The number of hydrogen-bond donors (Lipinski definition) is 2. The summed E-state index contributed by atoms with van der Waals surface area (Å²) in [5.74, 6) is -0.981. The van der Waals surface area contributed by atoms with Gasteiger partial charge < -0.3 is 24.4 Å². The Morgan fingerprint density at radius 3 is 2.33 bits per heavy atom. The summed E-state index contributed by atoms with van der Waals surface area (Å²) in [5, 5.41) is 17.3. The standard InChI is InChI=1S/C23H32N4O2.C3H8O2.C2H6/c1-15-12-27(21-20(15)16(2)24-14-25-21)19-9-8-17(11-19)18-7-6-10-26(13-18)22(28)29-23(3,4)5;1-3(2,4)5;1-2/h7,12,14,17,19H,6,8-11,13H2,1-5H3;4-5H,1-2H3;1-2H3. The fourth-order valence-electron chi connectivity index (χ4n) is 4.83. The average Bonchev–Trinajstić information content (AvgIpc) is 3.39. The molecule has 202 valence electrons. The highest BCUT2D eigenvalue weighted by molar-refractivity contribution is 5.82. The van der Waals surface area contributed by atoms with E-state index in [0.717, 1.165) is 43.6 Å². The monoisotopic (exact) mass is 502 g/mol. The summed E-state index contributed by atoms with van der Waals surface area (Å²) in [6.45, 7) is 18.0. The van der Waals surface area contributed by atoms with Crippen LogP contribution in [-0.2, 0) is 4.74 Å². The Morgan fingerprint density at radius 2 is 1.72 bits per heavy atom. The normalized spacial score (nSPS) is 20.2. The van der Waals surface area contributed by atoms with E-state index in [2.05, 4.69) is 40.7 Å². The molecule has 36 heavy (non-hydrogen) atoms. The van der Waals surface area contributed by atoms with Crippen molar-refractivity contribution in [3.05, 3.63) is 35.4 Å². The van der Waals surface area contributed by atoms with E-state index in [-0.39, 0.29) is 6.09 Å². The lowest BCUT2D eigenvalue weighted by atomic mass is 9.93. The molecule has 0 aromatic carbocycles. The van der Waals surface area contributed by atoms with Crippen LogP contribution in [0.4, 0.5) is 4.79 Å². The van der Waals surface area contributed by atoms with Gasteiger partial charge in [0.1, 0.15) is 17.6 Å². The summed E-state index contributed by atoms with van der Waals surface area (Å²) in [6, 6.07) is 0.448. The fraction of sp³-hybridized carbons (Fsp3) is 0.679. The van der Waals surface area contributed by atoms with Crippen molar-refractivity contribution >= 4 is 17.1 Å². The zero-order chi connectivity index (χ0) is 27.3. The highest BCUT2D eigenvalue weighted by Gasteiger charge is 2.33. The van der Waals surface area contributed by atoms with Gasteiger partial charge in [0.2, 0.25) is 0 Å². The third kappa shape index (κ3) is 8.30. The summed E-state index contributed by atoms with van der Waals surface area (Å²) in [5.41, 5.74) is 4.28. The predicted molar refractivity (Wildman–Crippen MR) is 144 cm³/mol. The molecule has 8 nitrogen and oxygen atoms in total. The molecule has 0 spiro atoms. The van der Waals surface area contributed by atoms with E-state index in [4.69, 9.17) is 14.9 Å². The predicted octanol–water partition coefficient (Wildman–Crippen LogP) is 5.69. The highest BCUT2D eigenvalue weighted by Crippen LogP contribution is 2.41. The van der Waals surface area contributed by atoms with Crippen LogP contribution in [0.3, 0.4) is 0 Å². The number of carbonyl (C=O) groups is 1. The number of aromatic nitrogens is 3. The first-order chi connectivity index (χ1) is 16.7. The molecule has 0 saturated heterocycles. The average molecular weight is 503 g/mol. The maximum atomic E-state index is 12.5. The number of ether oxygens (including phenoxy) is 1. The van der Waals surface area contributed by atoms with E-state index in [1.54, 1.807) is 6.33 Å². The van der Waals surface area contributed by atoms with Crippen molar-refractivity contribution in [1.29, 1.82) is 0 Å². The molecule has 8 heteroatoms. The number of amides is 1. The molecule has 2 aliphatic rings. The smallest absolute Gasteiger partial charge is 0.410 e. The quantitative estimate of drug-likeness (QED) is 0.404. The molecule has 1 aliphatic carbocycles. The third-order valence-corrected chi connectivity index (χ3v) is 6.14. The molecule has 1 fully saturated rings. The Bertz CT molecular complexity index is 1040. The zero-order valence-corrected chi connectivity index (χ0v) is 23.6. The van der Waals surface area contributed by atoms with E-state index in [9.17, 15) is 4.79 Å². The van der Waals surface area contributed by atoms with Crippen LogP contribution in [0, 0.1) is 19.8 Å². The first kappa shape index (κ1) is 29.8. The molecule has 1 saturated carbocycles. The Balaban J connectivity index is 0.000000583. The first-order valence-corrected chi connectivity index (χ1v) is 13.1. The number of aliphatic hydroxyl groups is 2. The number of aryl methyl sites for hydroxylation is 2. The Morgan fingerprint density at radius 1 is 1.08 bits per heavy atom. The van der Waals surface area contributed by atoms with Crippen molar-refractivity contribution in [2.75, 3.05) is 13.1 Å². The van der Waals surface area contributed by atoms with Crippen LogP contribution in [0.5, 0.6) is 0 Å². The van der Waals surface area contributed by atoms with E-state index < -0.39 is 11.4 Å². The minimum Gasteiger partial charge on any atom is -0.444 e. The molecule has 2 unspecified atom stereocenters. The molecule has 2 aromatic rings. The van der Waals surface area contributed by atoms with Gasteiger partial charge in [0.05, 0.1) is 5.69 Å². The van der Waals surface area contributed by atoms with Gasteiger partial charge in [-0.2, -0.15) is 0 Å². The fourth-order valence-corrected chi connectivity index (χ4v) is 4.83. The second kappa shape index (κ2) is 12.2. The number of hydrogen-bond acceptors (Lipinski definition) is 6. The van der Waals surface area contributed by atoms with Crippen molar-refractivity contribution in [3.8, 4) is 0 Å². The van der Waals surface area contributed by atoms with Gasteiger partial charge in [-0.3, -0.25) is 0 Å². The van der Waals surface area contributed by atoms with Crippen LogP contribution in [0.25, 0.3) is 11.0 Å². The van der Waals surface area contributed by atoms with Crippen LogP contribution in [0.2, 0.25) is 0 Å². The Hall–Kier alpha value is -2.45. The number of nitrogens with zero attached hydrogens (tertiary/aromatic N) is 4. The van der Waals surface area contributed by atoms with Crippen molar-refractivity contribution in [2.24, 2.45) is 5.92 Å². The first-order valence-electron chi connectivity index (χ1n) is 13.1. The van der Waals surface area contributed by atoms with Crippen LogP contribution < -0.4 is 0 Å². The zero-order valence-electron chi connectivity index (χ0n) is 23.6. The van der Waals surface area contributed by atoms with Crippen molar-refractivity contribution in [3.63, 3.8) is 0 Å². The van der Waals surface area contributed by atoms with Crippen LogP contribution in [0.1, 0.15) is 91.4 Å². The lowest BCUT2D eigenvalue weighted by Gasteiger charge is -2.32. The SMILES string of the molecule is CC.CC(C)(O)O.Cc1cn(C2CCC(C3=CCCN(C(=O)OC(C)(C)C)C3)C2)c2ncnc(C)c12. The van der Waals surface area contributed by atoms with Gasteiger partial charge >= 0.3 is 6.09 Å². The largest absolute Gasteiger partial charge is 0.444 e. The summed E-state index contributed by atoms with van der Waals surface area (Å²) < 4.78 is 7.94. The number of carbonyl (C=O) groups excluding carboxylic acids is 1. The molecule has 0 bridgehead atoms. The molecular formula is C28H46N4O4. The second-order valence-corrected chi connectivity index (χ2v) is 11.0. The minimum absolute atomic E-state index is 0.197. The lowest BCUT2D eigenvalue weighted by Crippen LogP contribution is -2.40. The van der Waals surface area contributed by atoms with Crippen molar-refractivity contribution < 1.29 is 19.7 Å². The maximum Gasteiger partial charge on any atom is 0.410 e. The van der Waals surface area contributed by atoms with E-state index in [1.165, 1.54) is 30.4 Å². The Kier molecular flexibility index (Phi) is 10.1. The van der Waals surface area contributed by atoms with Gasteiger partial charge in [0.25, 0.3) is 0 Å². The van der Waals surface area contributed by atoms with Crippen LogP contribution in [0.15, 0.2) is 24.2 Å². The molecule has 2 N–H and O–H groups in total. The molecule has 2 aromatic heterocycles. The summed E-state index contributed by atoms with van der Waals surface area (Å²) in [7, 11) is 0. The van der Waals surface area contributed by atoms with Gasteiger partial charge in [-0.15, -0.1) is 0 Å². The molecule has 1 aliphatic heterocycles. The maximum absolute atomic E-state index is 12.5. The van der Waals surface area contributed by atoms with Gasteiger partial charge in [-0.05, 0) is 85.6 Å². The van der Waals surface area contributed by atoms with Gasteiger partial charge in [0, 0.05) is 30.7 Å². The lowest BCUT2D eigenvalue weighted by molar-refractivity contribution is -0.127. The van der Waals surface area contributed by atoms with Gasteiger partial charge in [-0.1, -0.05) is 25.5 Å².